The Morgan fingerprint density at radius 2 is 1.54 bits per heavy atom. The maximum atomic E-state index is 6.26. The average Bonchev–Trinajstić information content (AvgIpc) is 3.13. The smallest absolute Gasteiger partial charge is 0.183 e. The van der Waals surface area contributed by atoms with Crippen LogP contribution >= 0.6 is 27.5 Å². The summed E-state index contributed by atoms with van der Waals surface area (Å²) in [4.78, 5) is 9.15. The highest BCUT2D eigenvalue weighted by molar-refractivity contribution is 9.10. The van der Waals surface area contributed by atoms with E-state index in [-0.39, 0.29) is 0 Å². The van der Waals surface area contributed by atoms with Gasteiger partial charge < -0.3 is 0 Å². The highest BCUT2D eigenvalue weighted by Crippen LogP contribution is 2.33. The van der Waals surface area contributed by atoms with Gasteiger partial charge in [-0.15, -0.1) is 0 Å². The van der Waals surface area contributed by atoms with Gasteiger partial charge in [0, 0.05) is 17.0 Å². The Kier molecular flexibility index (Phi) is 2.96. The Morgan fingerprint density at radius 3 is 2.21 bits per heavy atom. The van der Waals surface area contributed by atoms with E-state index >= 15 is 0 Å². The fourth-order valence-corrected chi connectivity index (χ4v) is 3.77. The van der Waals surface area contributed by atoms with E-state index in [9.17, 15) is 0 Å². The molecule has 3 aromatic heterocycles. The molecule has 0 amide bonds. The topological polar surface area (TPSA) is 35.1 Å². The summed E-state index contributed by atoms with van der Waals surface area (Å²) in [7, 11) is 0. The largest absolute Gasteiger partial charge is 0.291 e. The normalized spacial score (nSPS) is 11.8. The second kappa shape index (κ2) is 5.06. The quantitative estimate of drug-likeness (QED) is 0.387. The number of benzene rings is 2. The van der Waals surface area contributed by atoms with Gasteiger partial charge in [0.2, 0.25) is 0 Å². The molecule has 0 fully saturated rings. The predicted octanol–water partition coefficient (Wildman–Crippen LogP) is 5.24. The van der Waals surface area contributed by atoms with E-state index in [0.29, 0.717) is 9.76 Å². The Hall–Kier alpha value is -2.37. The monoisotopic (exact) mass is 396 g/mol. The van der Waals surface area contributed by atoms with Crippen LogP contribution in [0.2, 0.25) is 5.15 Å². The first-order chi connectivity index (χ1) is 11.7. The third kappa shape index (κ3) is 1.85. The lowest BCUT2D eigenvalue weighted by Crippen LogP contribution is -2.02. The number of rotatable bonds is 1. The van der Waals surface area contributed by atoms with Gasteiger partial charge in [0.05, 0.1) is 17.2 Å². The molecule has 5 aromatic rings. The maximum absolute atomic E-state index is 6.26. The van der Waals surface area contributed by atoms with E-state index in [0.717, 1.165) is 22.5 Å². The summed E-state index contributed by atoms with van der Waals surface area (Å²) in [6, 6.07) is 16.6. The van der Waals surface area contributed by atoms with Crippen LogP contribution in [0.15, 0.2) is 65.5 Å². The first kappa shape index (κ1) is 14.0. The van der Waals surface area contributed by atoms with E-state index < -0.39 is 0 Å². The molecule has 0 N–H and O–H groups in total. The molecule has 0 aliphatic heterocycles. The number of hydrogen-bond donors (Lipinski definition) is 0. The molecule has 0 aliphatic rings. The highest BCUT2D eigenvalue weighted by Gasteiger charge is 2.17. The van der Waals surface area contributed by atoms with Crippen molar-refractivity contribution in [1.29, 1.82) is 0 Å². The second-order valence-electron chi connectivity index (χ2n) is 5.53. The lowest BCUT2D eigenvalue weighted by Gasteiger charge is -2.09. The van der Waals surface area contributed by atoms with Crippen LogP contribution in [-0.2, 0) is 0 Å². The molecule has 0 saturated carbocycles. The van der Waals surface area contributed by atoms with Crippen LogP contribution < -0.4 is 0 Å². The molecule has 0 saturated heterocycles. The Morgan fingerprint density at radius 1 is 0.917 bits per heavy atom. The third-order valence-corrected chi connectivity index (χ3v) is 4.85. The predicted molar refractivity (Wildman–Crippen MR) is 100 cm³/mol. The van der Waals surface area contributed by atoms with Crippen molar-refractivity contribution >= 4 is 55.0 Å². The van der Waals surface area contributed by atoms with Crippen LogP contribution in [0.25, 0.3) is 33.3 Å². The summed E-state index contributed by atoms with van der Waals surface area (Å²) in [6.45, 7) is 0. The van der Waals surface area contributed by atoms with E-state index in [2.05, 4.69) is 61.9 Å². The SMILES string of the molecule is Clc1cnc2c(-n3c4ccccc4c4ccccc43)nc(Br)cn12. The molecular formula is C18H10BrClN4. The summed E-state index contributed by atoms with van der Waals surface area (Å²) in [6.07, 6.45) is 3.46. The molecule has 0 radical (unpaired) electrons. The van der Waals surface area contributed by atoms with E-state index in [1.54, 1.807) is 6.20 Å². The van der Waals surface area contributed by atoms with Crippen molar-refractivity contribution in [3.63, 3.8) is 0 Å². The van der Waals surface area contributed by atoms with Crippen molar-refractivity contribution in [3.8, 4) is 5.82 Å². The standard InChI is InChI=1S/C18H10BrClN4/c19-15-10-23-16(20)9-21-17(23)18(22-15)24-13-7-3-1-5-11(13)12-6-2-4-8-14(12)24/h1-10H. The lowest BCUT2D eigenvalue weighted by molar-refractivity contribution is 1.01. The minimum Gasteiger partial charge on any atom is -0.291 e. The van der Waals surface area contributed by atoms with E-state index in [4.69, 9.17) is 16.6 Å². The second-order valence-corrected chi connectivity index (χ2v) is 6.73. The molecule has 0 bridgehead atoms. The number of fused-ring (bicyclic) bond motifs is 4. The van der Waals surface area contributed by atoms with E-state index in [1.807, 2.05) is 22.7 Å². The summed E-state index contributed by atoms with van der Waals surface area (Å²) in [5.74, 6) is 0.744. The Labute approximate surface area is 150 Å². The number of imidazole rings is 1. The van der Waals surface area contributed by atoms with E-state index in [1.165, 1.54) is 10.8 Å². The summed E-state index contributed by atoms with van der Waals surface area (Å²) in [5.41, 5.74) is 2.89. The van der Waals surface area contributed by atoms with Gasteiger partial charge >= 0.3 is 0 Å². The van der Waals surface area contributed by atoms with Gasteiger partial charge in [-0.25, -0.2) is 9.97 Å². The van der Waals surface area contributed by atoms with Crippen LogP contribution in [0.4, 0.5) is 0 Å². The summed E-state index contributed by atoms with van der Waals surface area (Å²) in [5, 5.41) is 2.92. The number of halogens is 2. The Balaban J connectivity index is 2.03. The minimum atomic E-state index is 0.551. The first-order valence-corrected chi connectivity index (χ1v) is 8.59. The zero-order valence-corrected chi connectivity index (χ0v) is 14.7. The average molecular weight is 398 g/mol. The molecule has 0 spiro atoms. The fourth-order valence-electron chi connectivity index (χ4n) is 3.22. The van der Waals surface area contributed by atoms with Crippen molar-refractivity contribution in [1.82, 2.24) is 18.9 Å². The van der Waals surface area contributed by atoms with Gasteiger partial charge in [-0.3, -0.25) is 8.97 Å². The van der Waals surface area contributed by atoms with Crippen molar-refractivity contribution in [2.45, 2.75) is 0 Å². The maximum Gasteiger partial charge on any atom is 0.183 e. The van der Waals surface area contributed by atoms with Gasteiger partial charge in [0.1, 0.15) is 9.76 Å². The number of hydrogen-bond acceptors (Lipinski definition) is 2. The molecule has 5 rings (SSSR count). The fraction of sp³-hybridized carbons (Fsp3) is 0. The molecule has 4 nitrogen and oxygen atoms in total. The molecule has 0 aliphatic carbocycles. The molecule has 116 valence electrons. The molecule has 6 heteroatoms. The van der Waals surface area contributed by atoms with Crippen molar-refractivity contribution in [2.24, 2.45) is 0 Å². The molecule has 0 atom stereocenters. The van der Waals surface area contributed by atoms with Crippen molar-refractivity contribution in [3.05, 3.63) is 70.7 Å². The zero-order chi connectivity index (χ0) is 16.3. The van der Waals surface area contributed by atoms with Crippen LogP contribution in [0.5, 0.6) is 0 Å². The van der Waals surface area contributed by atoms with Gasteiger partial charge in [0.25, 0.3) is 0 Å². The first-order valence-electron chi connectivity index (χ1n) is 7.42. The zero-order valence-electron chi connectivity index (χ0n) is 12.3. The van der Waals surface area contributed by atoms with Gasteiger partial charge in [-0.2, -0.15) is 0 Å². The molecule has 2 aromatic carbocycles. The molecule has 0 unspecified atom stereocenters. The van der Waals surface area contributed by atoms with Crippen molar-refractivity contribution < 1.29 is 0 Å². The van der Waals surface area contributed by atoms with Crippen LogP contribution in [0, 0.1) is 0 Å². The summed E-state index contributed by atoms with van der Waals surface area (Å²) >= 11 is 9.74. The van der Waals surface area contributed by atoms with Gasteiger partial charge in [-0.05, 0) is 28.1 Å². The Bertz CT molecular complexity index is 1180. The van der Waals surface area contributed by atoms with Crippen molar-refractivity contribution in [2.75, 3.05) is 0 Å². The number of nitrogens with zero attached hydrogens (tertiary/aromatic N) is 4. The van der Waals surface area contributed by atoms with Crippen LogP contribution in [0.3, 0.4) is 0 Å². The van der Waals surface area contributed by atoms with Crippen LogP contribution in [0.1, 0.15) is 0 Å². The molecular weight excluding hydrogens is 388 g/mol. The number of aromatic nitrogens is 4. The third-order valence-electron chi connectivity index (χ3n) is 4.19. The lowest BCUT2D eigenvalue weighted by atomic mass is 10.2. The van der Waals surface area contributed by atoms with Gasteiger partial charge in [-0.1, -0.05) is 48.0 Å². The minimum absolute atomic E-state index is 0.551. The molecule has 3 heterocycles. The van der Waals surface area contributed by atoms with Crippen LogP contribution in [-0.4, -0.2) is 18.9 Å². The highest BCUT2D eigenvalue weighted by atomic mass is 79.9. The number of para-hydroxylation sites is 2. The summed E-state index contributed by atoms with van der Waals surface area (Å²) < 4.78 is 4.66. The molecule has 24 heavy (non-hydrogen) atoms. The van der Waals surface area contributed by atoms with Gasteiger partial charge in [0.15, 0.2) is 11.5 Å².